The second kappa shape index (κ2) is 6.27. The number of aliphatic hydroxyl groups excluding tert-OH is 1. The van der Waals surface area contributed by atoms with Crippen LogP contribution in [0.3, 0.4) is 0 Å². The zero-order chi connectivity index (χ0) is 11.3. The van der Waals surface area contributed by atoms with Gasteiger partial charge in [-0.25, -0.2) is 0 Å². The summed E-state index contributed by atoms with van der Waals surface area (Å²) in [5.41, 5.74) is 0. The van der Waals surface area contributed by atoms with Crippen LogP contribution >= 0.6 is 15.9 Å². The predicted molar refractivity (Wildman–Crippen MR) is 58.4 cm³/mol. The van der Waals surface area contributed by atoms with Gasteiger partial charge >= 0.3 is 0 Å². The number of hydrogen-bond acceptors (Lipinski definition) is 4. The van der Waals surface area contributed by atoms with Crippen LogP contribution in [-0.4, -0.2) is 24.6 Å². The van der Waals surface area contributed by atoms with E-state index in [1.54, 1.807) is 6.07 Å². The van der Waals surface area contributed by atoms with Crippen molar-refractivity contribution in [2.75, 3.05) is 13.2 Å². The number of furan rings is 1. The summed E-state index contributed by atoms with van der Waals surface area (Å²) in [6, 6.07) is 1.72. The summed E-state index contributed by atoms with van der Waals surface area (Å²) in [5.74, 6) is 0.418. The second-order valence-electron chi connectivity index (χ2n) is 2.86. The Morgan fingerprint density at radius 3 is 2.40 bits per heavy atom. The van der Waals surface area contributed by atoms with Crippen LogP contribution in [0, 0.1) is 0 Å². The van der Waals surface area contributed by atoms with E-state index >= 15 is 0 Å². The molecule has 0 radical (unpaired) electrons. The highest BCUT2D eigenvalue weighted by atomic mass is 79.9. The van der Waals surface area contributed by atoms with E-state index in [2.05, 4.69) is 15.9 Å². The van der Waals surface area contributed by atoms with Crippen LogP contribution in [-0.2, 0) is 9.47 Å². The molecular weight excluding hydrogens is 264 g/mol. The highest BCUT2D eigenvalue weighted by molar-refractivity contribution is 9.10. The average Bonchev–Trinajstić information content (AvgIpc) is 2.63. The maximum atomic E-state index is 9.94. The fourth-order valence-corrected chi connectivity index (χ4v) is 1.63. The Morgan fingerprint density at radius 1 is 1.40 bits per heavy atom. The third-order valence-electron chi connectivity index (χ3n) is 1.83. The molecule has 1 aromatic rings. The number of halogens is 1. The molecule has 0 aliphatic heterocycles. The van der Waals surface area contributed by atoms with E-state index in [1.165, 1.54) is 6.26 Å². The first-order valence-corrected chi connectivity index (χ1v) is 5.64. The minimum absolute atomic E-state index is 0.418. The lowest BCUT2D eigenvalue weighted by Crippen LogP contribution is -2.25. The Hall–Kier alpha value is -0.360. The molecule has 0 aliphatic carbocycles. The molecule has 1 unspecified atom stereocenters. The van der Waals surface area contributed by atoms with Crippen molar-refractivity contribution in [1.82, 2.24) is 0 Å². The average molecular weight is 279 g/mol. The number of hydrogen-bond donors (Lipinski definition) is 1. The van der Waals surface area contributed by atoms with Crippen molar-refractivity contribution in [3.8, 4) is 0 Å². The standard InChI is InChI=1S/C10H15BrO4/c1-3-13-10(14-4-2)8(12)9-7(11)5-6-15-9/h5-6,8,10,12H,3-4H2,1-2H3. The van der Waals surface area contributed by atoms with E-state index in [0.29, 0.717) is 23.4 Å². The Labute approximate surface area is 97.3 Å². The van der Waals surface area contributed by atoms with E-state index in [9.17, 15) is 5.11 Å². The smallest absolute Gasteiger partial charge is 0.190 e. The van der Waals surface area contributed by atoms with Crippen LogP contribution < -0.4 is 0 Å². The molecule has 1 N–H and O–H groups in total. The van der Waals surface area contributed by atoms with E-state index in [0.717, 1.165) is 0 Å². The fraction of sp³-hybridized carbons (Fsp3) is 0.600. The summed E-state index contributed by atoms with van der Waals surface area (Å²) in [4.78, 5) is 0. The molecule has 5 heteroatoms. The van der Waals surface area contributed by atoms with Crippen molar-refractivity contribution >= 4 is 15.9 Å². The number of rotatable bonds is 6. The zero-order valence-electron chi connectivity index (χ0n) is 8.77. The zero-order valence-corrected chi connectivity index (χ0v) is 10.4. The molecular formula is C10H15BrO4. The van der Waals surface area contributed by atoms with Gasteiger partial charge in [0.25, 0.3) is 0 Å². The van der Waals surface area contributed by atoms with Crippen LogP contribution in [0.4, 0.5) is 0 Å². The maximum absolute atomic E-state index is 9.94. The molecule has 1 atom stereocenters. The minimum Gasteiger partial charge on any atom is -0.465 e. The van der Waals surface area contributed by atoms with Crippen LogP contribution in [0.15, 0.2) is 21.2 Å². The summed E-state index contributed by atoms with van der Waals surface area (Å²) in [7, 11) is 0. The van der Waals surface area contributed by atoms with Crippen molar-refractivity contribution < 1.29 is 19.0 Å². The molecule has 0 fully saturated rings. The maximum Gasteiger partial charge on any atom is 0.190 e. The molecule has 1 aromatic heterocycles. The molecule has 1 heterocycles. The van der Waals surface area contributed by atoms with Gasteiger partial charge in [-0.15, -0.1) is 0 Å². The SMILES string of the molecule is CCOC(OCC)C(O)c1occc1Br. The lowest BCUT2D eigenvalue weighted by atomic mass is 10.2. The van der Waals surface area contributed by atoms with E-state index < -0.39 is 12.4 Å². The largest absolute Gasteiger partial charge is 0.465 e. The van der Waals surface area contributed by atoms with Gasteiger partial charge in [-0.2, -0.15) is 0 Å². The number of aliphatic hydroxyl groups is 1. The summed E-state index contributed by atoms with van der Waals surface area (Å²) in [6.07, 6.45) is -0.117. The lowest BCUT2D eigenvalue weighted by molar-refractivity contribution is -0.195. The summed E-state index contributed by atoms with van der Waals surface area (Å²) in [5, 5.41) is 9.94. The van der Waals surface area contributed by atoms with E-state index in [-0.39, 0.29) is 0 Å². The van der Waals surface area contributed by atoms with Gasteiger partial charge in [-0.3, -0.25) is 0 Å². The monoisotopic (exact) mass is 278 g/mol. The normalized spacial score (nSPS) is 13.4. The molecule has 0 aromatic carbocycles. The summed E-state index contributed by atoms with van der Waals surface area (Å²) < 4.78 is 16.4. The van der Waals surface area contributed by atoms with Crippen molar-refractivity contribution in [1.29, 1.82) is 0 Å². The van der Waals surface area contributed by atoms with Crippen LogP contribution in [0.5, 0.6) is 0 Å². The van der Waals surface area contributed by atoms with Gasteiger partial charge in [0.15, 0.2) is 18.2 Å². The molecule has 0 spiro atoms. The highest BCUT2D eigenvalue weighted by Crippen LogP contribution is 2.28. The van der Waals surface area contributed by atoms with Gasteiger partial charge in [0.1, 0.15) is 0 Å². The van der Waals surface area contributed by atoms with Crippen molar-refractivity contribution in [3.05, 3.63) is 22.6 Å². The van der Waals surface area contributed by atoms with Gasteiger partial charge in [0.05, 0.1) is 10.7 Å². The van der Waals surface area contributed by atoms with Crippen molar-refractivity contribution in [2.45, 2.75) is 26.2 Å². The Balaban J connectivity index is 2.71. The molecule has 86 valence electrons. The van der Waals surface area contributed by atoms with Gasteiger partial charge in [-0.1, -0.05) is 0 Å². The van der Waals surface area contributed by atoms with Crippen molar-refractivity contribution in [3.63, 3.8) is 0 Å². The molecule has 4 nitrogen and oxygen atoms in total. The molecule has 0 amide bonds. The second-order valence-corrected chi connectivity index (χ2v) is 3.71. The lowest BCUT2D eigenvalue weighted by Gasteiger charge is -2.21. The number of ether oxygens (including phenoxy) is 2. The van der Waals surface area contributed by atoms with Crippen LogP contribution in [0.2, 0.25) is 0 Å². The van der Waals surface area contributed by atoms with Gasteiger partial charge in [0, 0.05) is 13.2 Å². The molecule has 0 saturated carbocycles. The van der Waals surface area contributed by atoms with Crippen LogP contribution in [0.1, 0.15) is 25.7 Å². The topological polar surface area (TPSA) is 51.8 Å². The van der Waals surface area contributed by atoms with Crippen molar-refractivity contribution in [2.24, 2.45) is 0 Å². The third kappa shape index (κ3) is 3.31. The quantitative estimate of drug-likeness (QED) is 0.813. The first-order valence-electron chi connectivity index (χ1n) is 4.84. The summed E-state index contributed by atoms with van der Waals surface area (Å²) >= 11 is 3.27. The molecule has 0 saturated heterocycles. The first-order chi connectivity index (χ1) is 7.20. The van der Waals surface area contributed by atoms with Crippen LogP contribution in [0.25, 0.3) is 0 Å². The van der Waals surface area contributed by atoms with Gasteiger partial charge in [0.2, 0.25) is 0 Å². The Kier molecular flexibility index (Phi) is 5.31. The Bertz CT molecular complexity index is 281. The molecule has 0 aliphatic rings. The molecule has 0 bridgehead atoms. The highest BCUT2D eigenvalue weighted by Gasteiger charge is 2.26. The minimum atomic E-state index is -0.922. The Morgan fingerprint density at radius 2 is 2.00 bits per heavy atom. The predicted octanol–water partition coefficient (Wildman–Crippen LogP) is 2.47. The first kappa shape index (κ1) is 12.7. The summed E-state index contributed by atoms with van der Waals surface area (Å²) in [6.45, 7) is 4.63. The third-order valence-corrected chi connectivity index (χ3v) is 2.49. The van der Waals surface area contributed by atoms with E-state index in [1.807, 2.05) is 13.8 Å². The van der Waals surface area contributed by atoms with Gasteiger partial charge < -0.3 is 19.0 Å². The van der Waals surface area contributed by atoms with Gasteiger partial charge in [-0.05, 0) is 35.8 Å². The fourth-order valence-electron chi connectivity index (χ4n) is 1.20. The van der Waals surface area contributed by atoms with E-state index in [4.69, 9.17) is 13.9 Å². The molecule has 15 heavy (non-hydrogen) atoms. The molecule has 1 rings (SSSR count).